The number of aliphatic hydroxyl groups excluding tert-OH is 1. The first-order valence-electron chi connectivity index (χ1n) is 9.97. The Bertz CT molecular complexity index is 894. The van der Waals surface area contributed by atoms with Gasteiger partial charge in [-0.3, -0.25) is 9.59 Å². The molecule has 0 saturated heterocycles. The topological polar surface area (TPSA) is 158 Å². The quantitative estimate of drug-likeness (QED) is 0.330. The van der Waals surface area contributed by atoms with E-state index in [9.17, 15) is 24.6 Å². The van der Waals surface area contributed by atoms with Crippen molar-refractivity contribution in [2.45, 2.75) is 57.8 Å². The zero-order chi connectivity index (χ0) is 22.4. The van der Waals surface area contributed by atoms with Gasteiger partial charge in [-0.25, -0.2) is 4.79 Å². The fraction of sp³-hybridized carbons (Fsp3) is 0.476. The van der Waals surface area contributed by atoms with Crippen molar-refractivity contribution in [2.75, 3.05) is 0 Å². The minimum atomic E-state index is -1.47. The van der Waals surface area contributed by atoms with Gasteiger partial charge in [0, 0.05) is 17.1 Å². The Morgan fingerprint density at radius 1 is 1.10 bits per heavy atom. The summed E-state index contributed by atoms with van der Waals surface area (Å²) in [5, 5.41) is 24.7. The Balaban J connectivity index is 2.10. The van der Waals surface area contributed by atoms with E-state index in [-0.39, 0.29) is 12.3 Å². The number of carboxylic acid groups (broad SMARTS) is 1. The van der Waals surface area contributed by atoms with Crippen LogP contribution in [-0.2, 0) is 20.8 Å². The van der Waals surface area contributed by atoms with E-state index in [4.69, 9.17) is 5.73 Å². The first-order valence-corrected chi connectivity index (χ1v) is 9.97. The standard InChI is InChI=1S/C21H30N4O5/c1-4-11(2)17(20(28)25-18(12(3)26)21(29)30)24-19(27)15(22)9-13-10-23-16-8-6-5-7-14(13)16/h5-8,10-12,15,17-18,23,26H,4,9,22H2,1-3H3,(H,24,27)(H,25,28)(H,29,30). The molecular weight excluding hydrogens is 388 g/mol. The zero-order valence-corrected chi connectivity index (χ0v) is 17.4. The number of nitrogens with two attached hydrogens (primary N) is 1. The largest absolute Gasteiger partial charge is 0.480 e. The van der Waals surface area contributed by atoms with Crippen LogP contribution < -0.4 is 16.4 Å². The summed E-state index contributed by atoms with van der Waals surface area (Å²) in [6.45, 7) is 4.90. The lowest BCUT2D eigenvalue weighted by Crippen LogP contribution is -2.58. The van der Waals surface area contributed by atoms with E-state index >= 15 is 0 Å². The summed E-state index contributed by atoms with van der Waals surface area (Å²) >= 11 is 0. The number of carboxylic acids is 1. The Kier molecular flexibility index (Phi) is 7.96. The van der Waals surface area contributed by atoms with Crippen LogP contribution >= 0.6 is 0 Å². The third-order valence-electron chi connectivity index (χ3n) is 5.29. The van der Waals surface area contributed by atoms with Crippen molar-refractivity contribution in [3.8, 4) is 0 Å². The van der Waals surface area contributed by atoms with E-state index in [0.29, 0.717) is 6.42 Å². The number of H-pyrrole nitrogens is 1. The highest BCUT2D eigenvalue weighted by atomic mass is 16.4. The molecule has 5 unspecified atom stereocenters. The van der Waals surface area contributed by atoms with Crippen molar-refractivity contribution in [2.24, 2.45) is 11.7 Å². The number of aliphatic carboxylic acids is 1. The number of aliphatic hydroxyl groups is 1. The Morgan fingerprint density at radius 3 is 2.33 bits per heavy atom. The number of amides is 2. The molecule has 0 spiro atoms. The van der Waals surface area contributed by atoms with Crippen molar-refractivity contribution < 1.29 is 24.6 Å². The van der Waals surface area contributed by atoms with Gasteiger partial charge in [0.15, 0.2) is 6.04 Å². The van der Waals surface area contributed by atoms with Gasteiger partial charge in [-0.15, -0.1) is 0 Å². The number of benzene rings is 1. The van der Waals surface area contributed by atoms with Crippen molar-refractivity contribution >= 4 is 28.7 Å². The number of rotatable bonds is 10. The predicted molar refractivity (Wildman–Crippen MR) is 113 cm³/mol. The maximum atomic E-state index is 12.7. The zero-order valence-electron chi connectivity index (χ0n) is 17.4. The molecule has 9 heteroatoms. The van der Waals surface area contributed by atoms with Gasteiger partial charge in [-0.05, 0) is 30.9 Å². The molecule has 2 aromatic rings. The lowest BCUT2D eigenvalue weighted by molar-refractivity contribution is -0.145. The van der Waals surface area contributed by atoms with Gasteiger partial charge in [0.1, 0.15) is 6.04 Å². The Hall–Kier alpha value is -2.91. The number of carbonyl (C=O) groups excluding carboxylic acids is 2. The average molecular weight is 418 g/mol. The summed E-state index contributed by atoms with van der Waals surface area (Å²) in [6, 6.07) is 4.32. The van der Waals surface area contributed by atoms with Gasteiger partial charge >= 0.3 is 5.97 Å². The predicted octanol–water partition coefficient (Wildman–Crippen LogP) is 0.519. The molecule has 1 heterocycles. The van der Waals surface area contributed by atoms with Crippen LogP contribution in [-0.4, -0.2) is 57.2 Å². The third-order valence-corrected chi connectivity index (χ3v) is 5.29. The van der Waals surface area contributed by atoms with Crippen molar-refractivity contribution in [3.63, 3.8) is 0 Å². The van der Waals surface area contributed by atoms with Crippen LogP contribution in [0, 0.1) is 5.92 Å². The number of fused-ring (bicyclic) bond motifs is 1. The maximum Gasteiger partial charge on any atom is 0.328 e. The van der Waals surface area contributed by atoms with Gasteiger partial charge < -0.3 is 31.6 Å². The van der Waals surface area contributed by atoms with E-state index in [2.05, 4.69) is 15.6 Å². The molecule has 5 atom stereocenters. The van der Waals surface area contributed by atoms with Crippen molar-refractivity contribution in [1.29, 1.82) is 0 Å². The SMILES string of the molecule is CCC(C)C(NC(=O)C(N)Cc1c[nH]c2ccccc12)C(=O)NC(C(=O)O)C(C)O. The van der Waals surface area contributed by atoms with Gasteiger partial charge in [0.25, 0.3) is 0 Å². The number of aromatic nitrogens is 1. The molecule has 0 aliphatic heterocycles. The summed E-state index contributed by atoms with van der Waals surface area (Å²) in [7, 11) is 0. The summed E-state index contributed by atoms with van der Waals surface area (Å²) in [6.07, 6.45) is 1.36. The van der Waals surface area contributed by atoms with Crippen LogP contribution in [0.2, 0.25) is 0 Å². The molecule has 2 amide bonds. The van der Waals surface area contributed by atoms with Gasteiger partial charge in [-0.1, -0.05) is 38.5 Å². The second-order valence-electron chi connectivity index (χ2n) is 7.61. The highest BCUT2D eigenvalue weighted by Gasteiger charge is 2.32. The van der Waals surface area contributed by atoms with Gasteiger partial charge in [0.05, 0.1) is 12.1 Å². The molecule has 164 valence electrons. The van der Waals surface area contributed by atoms with Crippen LogP contribution in [0.5, 0.6) is 0 Å². The van der Waals surface area contributed by atoms with Crippen LogP contribution in [0.4, 0.5) is 0 Å². The van der Waals surface area contributed by atoms with Crippen LogP contribution in [0.15, 0.2) is 30.5 Å². The fourth-order valence-electron chi connectivity index (χ4n) is 3.22. The first kappa shape index (κ1) is 23.4. The molecule has 1 aromatic carbocycles. The van der Waals surface area contributed by atoms with Crippen LogP contribution in [0.25, 0.3) is 10.9 Å². The van der Waals surface area contributed by atoms with E-state index < -0.39 is 42.0 Å². The molecule has 0 radical (unpaired) electrons. The number of carbonyl (C=O) groups is 3. The molecule has 2 rings (SSSR count). The highest BCUT2D eigenvalue weighted by molar-refractivity contribution is 5.92. The number of hydrogen-bond donors (Lipinski definition) is 6. The molecule has 30 heavy (non-hydrogen) atoms. The van der Waals surface area contributed by atoms with Crippen molar-refractivity contribution in [1.82, 2.24) is 15.6 Å². The summed E-state index contributed by atoms with van der Waals surface area (Å²) < 4.78 is 0. The molecule has 9 nitrogen and oxygen atoms in total. The highest BCUT2D eigenvalue weighted by Crippen LogP contribution is 2.19. The summed E-state index contributed by atoms with van der Waals surface area (Å²) in [4.78, 5) is 39.8. The van der Waals surface area contributed by atoms with E-state index in [0.717, 1.165) is 16.5 Å². The number of aromatic amines is 1. The average Bonchev–Trinajstić information content (AvgIpc) is 3.11. The molecule has 0 aliphatic carbocycles. The third kappa shape index (κ3) is 5.58. The maximum absolute atomic E-state index is 12.7. The number of hydrogen-bond acceptors (Lipinski definition) is 5. The molecule has 0 fully saturated rings. The normalized spacial score (nSPS) is 16.3. The molecule has 1 aromatic heterocycles. The Labute approximate surface area is 175 Å². The lowest BCUT2D eigenvalue weighted by atomic mass is 9.96. The second kappa shape index (κ2) is 10.2. The van der Waals surface area contributed by atoms with Gasteiger partial charge in [-0.2, -0.15) is 0 Å². The molecule has 7 N–H and O–H groups in total. The number of nitrogens with one attached hydrogen (secondary N) is 3. The molecule has 0 saturated carbocycles. The fourth-order valence-corrected chi connectivity index (χ4v) is 3.22. The van der Waals surface area contributed by atoms with Crippen LogP contribution in [0.1, 0.15) is 32.8 Å². The van der Waals surface area contributed by atoms with Crippen LogP contribution in [0.3, 0.4) is 0 Å². The smallest absolute Gasteiger partial charge is 0.328 e. The van der Waals surface area contributed by atoms with Gasteiger partial charge in [0.2, 0.25) is 11.8 Å². The Morgan fingerprint density at radius 2 is 1.73 bits per heavy atom. The monoisotopic (exact) mass is 418 g/mol. The summed E-state index contributed by atoms with van der Waals surface area (Å²) in [5.41, 5.74) is 7.92. The first-order chi connectivity index (χ1) is 14.1. The minimum absolute atomic E-state index is 0.266. The molecule has 0 aliphatic rings. The molecule has 0 bridgehead atoms. The second-order valence-corrected chi connectivity index (χ2v) is 7.61. The van der Waals surface area contributed by atoms with E-state index in [1.807, 2.05) is 31.2 Å². The van der Waals surface area contributed by atoms with E-state index in [1.54, 1.807) is 13.1 Å². The van der Waals surface area contributed by atoms with E-state index in [1.165, 1.54) is 6.92 Å². The minimum Gasteiger partial charge on any atom is -0.480 e. The molecular formula is C21H30N4O5. The van der Waals surface area contributed by atoms with Crippen molar-refractivity contribution in [3.05, 3.63) is 36.0 Å². The lowest BCUT2D eigenvalue weighted by Gasteiger charge is -2.27. The summed E-state index contributed by atoms with van der Waals surface area (Å²) in [5.74, 6) is -2.81. The number of para-hydroxylation sites is 1.